The zero-order chi connectivity index (χ0) is 15.2. The SMILES string of the molecule is CCNCC(C)c1nc(-c2cc(OC)cc(OC)c2)no1. The third kappa shape index (κ3) is 3.72. The van der Waals surface area contributed by atoms with Gasteiger partial charge in [-0.2, -0.15) is 4.98 Å². The number of methoxy groups -OCH3 is 2. The summed E-state index contributed by atoms with van der Waals surface area (Å²) in [5.74, 6) is 2.70. The maximum absolute atomic E-state index is 5.34. The highest BCUT2D eigenvalue weighted by atomic mass is 16.5. The van der Waals surface area contributed by atoms with Crippen molar-refractivity contribution in [3.8, 4) is 22.9 Å². The van der Waals surface area contributed by atoms with Crippen molar-refractivity contribution in [2.45, 2.75) is 19.8 Å². The number of aromatic nitrogens is 2. The number of nitrogens with one attached hydrogen (secondary N) is 1. The van der Waals surface area contributed by atoms with Gasteiger partial charge in [0, 0.05) is 24.1 Å². The van der Waals surface area contributed by atoms with Gasteiger partial charge in [0.2, 0.25) is 11.7 Å². The van der Waals surface area contributed by atoms with Gasteiger partial charge in [0.25, 0.3) is 0 Å². The third-order valence-corrected chi connectivity index (χ3v) is 3.17. The van der Waals surface area contributed by atoms with Crippen LogP contribution in [0.3, 0.4) is 0 Å². The van der Waals surface area contributed by atoms with Crippen molar-refractivity contribution in [2.24, 2.45) is 0 Å². The molecule has 0 bridgehead atoms. The molecule has 0 saturated heterocycles. The second-order valence-corrected chi connectivity index (χ2v) is 4.77. The van der Waals surface area contributed by atoms with Gasteiger partial charge in [-0.3, -0.25) is 0 Å². The summed E-state index contributed by atoms with van der Waals surface area (Å²) >= 11 is 0. The Balaban J connectivity index is 2.24. The average Bonchev–Trinajstić information content (AvgIpc) is 3.02. The summed E-state index contributed by atoms with van der Waals surface area (Å²) in [5.41, 5.74) is 0.803. The Morgan fingerprint density at radius 1 is 1.19 bits per heavy atom. The minimum absolute atomic E-state index is 0.165. The number of rotatable bonds is 7. The molecule has 0 radical (unpaired) electrons. The summed E-state index contributed by atoms with van der Waals surface area (Å²) in [6, 6.07) is 5.51. The van der Waals surface area contributed by atoms with Crippen molar-refractivity contribution in [1.29, 1.82) is 0 Å². The first-order chi connectivity index (χ1) is 10.2. The van der Waals surface area contributed by atoms with Gasteiger partial charge in [-0.25, -0.2) is 0 Å². The number of nitrogens with zero attached hydrogens (tertiary/aromatic N) is 2. The molecule has 0 amide bonds. The highest BCUT2D eigenvalue weighted by molar-refractivity contribution is 5.60. The van der Waals surface area contributed by atoms with Gasteiger partial charge >= 0.3 is 0 Å². The first-order valence-electron chi connectivity index (χ1n) is 6.95. The quantitative estimate of drug-likeness (QED) is 0.845. The first-order valence-corrected chi connectivity index (χ1v) is 6.95. The highest BCUT2D eigenvalue weighted by Crippen LogP contribution is 2.28. The fourth-order valence-electron chi connectivity index (χ4n) is 1.94. The lowest BCUT2D eigenvalue weighted by atomic mass is 10.1. The van der Waals surface area contributed by atoms with Gasteiger partial charge < -0.3 is 19.3 Å². The van der Waals surface area contributed by atoms with Crippen LogP contribution in [0.25, 0.3) is 11.4 Å². The molecule has 2 rings (SSSR count). The third-order valence-electron chi connectivity index (χ3n) is 3.17. The van der Waals surface area contributed by atoms with Gasteiger partial charge in [0.1, 0.15) is 11.5 Å². The van der Waals surface area contributed by atoms with E-state index in [0.29, 0.717) is 23.2 Å². The Bertz CT molecular complexity index is 561. The zero-order valence-corrected chi connectivity index (χ0v) is 12.8. The van der Waals surface area contributed by atoms with E-state index in [1.165, 1.54) is 0 Å². The molecule has 1 N–H and O–H groups in total. The molecule has 0 aliphatic carbocycles. The molecule has 0 fully saturated rings. The topological polar surface area (TPSA) is 69.4 Å². The largest absolute Gasteiger partial charge is 0.497 e. The second-order valence-electron chi connectivity index (χ2n) is 4.77. The Hall–Kier alpha value is -2.08. The van der Waals surface area contributed by atoms with E-state index in [2.05, 4.69) is 22.4 Å². The maximum Gasteiger partial charge on any atom is 0.231 e. The fourth-order valence-corrected chi connectivity index (χ4v) is 1.94. The predicted octanol–water partition coefficient (Wildman–Crippen LogP) is 2.47. The van der Waals surface area contributed by atoms with Crippen LogP contribution in [0.4, 0.5) is 0 Å². The van der Waals surface area contributed by atoms with Crippen LogP contribution >= 0.6 is 0 Å². The van der Waals surface area contributed by atoms with Crippen molar-refractivity contribution in [2.75, 3.05) is 27.3 Å². The lowest BCUT2D eigenvalue weighted by molar-refractivity contribution is 0.355. The summed E-state index contributed by atoms with van der Waals surface area (Å²) in [6.45, 7) is 5.83. The van der Waals surface area contributed by atoms with Crippen LogP contribution in [0.1, 0.15) is 25.7 Å². The smallest absolute Gasteiger partial charge is 0.231 e. The van der Waals surface area contributed by atoms with Crippen molar-refractivity contribution < 1.29 is 14.0 Å². The first kappa shape index (κ1) is 15.3. The molecule has 6 heteroatoms. The van der Waals surface area contributed by atoms with Gasteiger partial charge in [0.05, 0.1) is 14.2 Å². The summed E-state index contributed by atoms with van der Waals surface area (Å²) < 4.78 is 15.8. The molecule has 0 aliphatic heterocycles. The van der Waals surface area contributed by atoms with Crippen LogP contribution < -0.4 is 14.8 Å². The standard InChI is InChI=1S/C15H21N3O3/c1-5-16-9-10(2)15-17-14(18-21-15)11-6-12(19-3)8-13(7-11)20-4/h6-8,10,16H,5,9H2,1-4H3. The lowest BCUT2D eigenvalue weighted by Gasteiger charge is -2.06. The van der Waals surface area contributed by atoms with Crippen LogP contribution in [-0.4, -0.2) is 37.4 Å². The molecule has 1 atom stereocenters. The number of ether oxygens (including phenoxy) is 2. The number of hydrogen-bond donors (Lipinski definition) is 1. The molecule has 0 saturated carbocycles. The summed E-state index contributed by atoms with van der Waals surface area (Å²) in [7, 11) is 3.22. The van der Waals surface area contributed by atoms with Crippen molar-refractivity contribution in [3.05, 3.63) is 24.1 Å². The minimum atomic E-state index is 0.165. The second kappa shape index (κ2) is 7.08. The molecule has 21 heavy (non-hydrogen) atoms. The van der Waals surface area contributed by atoms with Gasteiger partial charge in [-0.05, 0) is 18.7 Å². The molecule has 1 aromatic carbocycles. The van der Waals surface area contributed by atoms with Crippen molar-refractivity contribution in [3.63, 3.8) is 0 Å². The summed E-state index contributed by atoms with van der Waals surface area (Å²) in [5, 5.41) is 7.31. The predicted molar refractivity (Wildman–Crippen MR) is 79.8 cm³/mol. The zero-order valence-electron chi connectivity index (χ0n) is 12.8. The summed E-state index contributed by atoms with van der Waals surface area (Å²) in [4.78, 5) is 4.46. The number of hydrogen-bond acceptors (Lipinski definition) is 6. The Kier molecular flexibility index (Phi) is 5.16. The average molecular weight is 291 g/mol. The van der Waals surface area contributed by atoms with Crippen LogP contribution in [0, 0.1) is 0 Å². The molecular formula is C15H21N3O3. The van der Waals surface area contributed by atoms with E-state index in [1.807, 2.05) is 19.1 Å². The lowest BCUT2D eigenvalue weighted by Crippen LogP contribution is -2.19. The normalized spacial score (nSPS) is 12.2. The molecule has 0 aliphatic rings. The Morgan fingerprint density at radius 2 is 1.86 bits per heavy atom. The van der Waals surface area contributed by atoms with Crippen LogP contribution in [-0.2, 0) is 0 Å². The maximum atomic E-state index is 5.34. The van der Waals surface area contributed by atoms with Crippen LogP contribution in [0.15, 0.2) is 22.7 Å². The van der Waals surface area contributed by atoms with E-state index in [-0.39, 0.29) is 5.92 Å². The monoisotopic (exact) mass is 291 g/mol. The van der Waals surface area contributed by atoms with Crippen molar-refractivity contribution >= 4 is 0 Å². The molecule has 114 valence electrons. The Labute approximate surface area is 124 Å². The molecule has 1 heterocycles. The van der Waals surface area contributed by atoms with Gasteiger partial charge in [-0.1, -0.05) is 19.0 Å². The van der Waals surface area contributed by atoms with E-state index in [1.54, 1.807) is 20.3 Å². The number of benzene rings is 1. The van der Waals surface area contributed by atoms with E-state index >= 15 is 0 Å². The van der Waals surface area contributed by atoms with E-state index < -0.39 is 0 Å². The molecule has 1 aromatic heterocycles. The Morgan fingerprint density at radius 3 is 2.43 bits per heavy atom. The molecule has 6 nitrogen and oxygen atoms in total. The molecular weight excluding hydrogens is 270 g/mol. The molecule has 1 unspecified atom stereocenters. The minimum Gasteiger partial charge on any atom is -0.497 e. The summed E-state index contributed by atoms with van der Waals surface area (Å²) in [6.07, 6.45) is 0. The van der Waals surface area contributed by atoms with E-state index in [0.717, 1.165) is 18.7 Å². The van der Waals surface area contributed by atoms with Crippen LogP contribution in [0.5, 0.6) is 11.5 Å². The molecule has 2 aromatic rings. The van der Waals surface area contributed by atoms with E-state index in [4.69, 9.17) is 14.0 Å². The van der Waals surface area contributed by atoms with E-state index in [9.17, 15) is 0 Å². The highest BCUT2D eigenvalue weighted by Gasteiger charge is 2.16. The number of likely N-dealkylation sites (N-methyl/N-ethyl adjacent to an activating group) is 1. The fraction of sp³-hybridized carbons (Fsp3) is 0.467. The van der Waals surface area contributed by atoms with Crippen LogP contribution in [0.2, 0.25) is 0 Å². The molecule has 0 spiro atoms. The van der Waals surface area contributed by atoms with Gasteiger partial charge in [-0.15, -0.1) is 0 Å². The van der Waals surface area contributed by atoms with Crippen molar-refractivity contribution in [1.82, 2.24) is 15.5 Å². The van der Waals surface area contributed by atoms with Gasteiger partial charge in [0.15, 0.2) is 0 Å².